The Morgan fingerprint density at radius 2 is 1.87 bits per heavy atom. The zero-order valence-corrected chi connectivity index (χ0v) is 17.9. The maximum Gasteiger partial charge on any atom is 0.239 e. The van der Waals surface area contributed by atoms with Gasteiger partial charge in [-0.1, -0.05) is 0 Å². The van der Waals surface area contributed by atoms with Crippen molar-refractivity contribution in [2.24, 2.45) is 5.92 Å². The zero-order valence-electron chi connectivity index (χ0n) is 17.9. The lowest BCUT2D eigenvalue weighted by Gasteiger charge is -2.34. The number of hydrogen-bond donors (Lipinski definition) is 2. The van der Waals surface area contributed by atoms with Crippen LogP contribution in [0.3, 0.4) is 0 Å². The predicted molar refractivity (Wildman–Crippen MR) is 116 cm³/mol. The number of carbonyl (C=O) groups excluding carboxylic acids is 2. The molecule has 1 saturated heterocycles. The quantitative estimate of drug-likeness (QED) is 0.615. The fourth-order valence-electron chi connectivity index (χ4n) is 3.68. The molecular weight excluding hydrogens is 382 g/mol. The molecule has 7 heteroatoms. The number of nitrogens with zero attached hydrogens (tertiary/aromatic N) is 1. The van der Waals surface area contributed by atoms with Gasteiger partial charge >= 0.3 is 0 Å². The summed E-state index contributed by atoms with van der Waals surface area (Å²) in [7, 11) is 1.58. The van der Waals surface area contributed by atoms with Gasteiger partial charge in [0.25, 0.3) is 0 Å². The largest absolute Gasteiger partial charge is 0.497 e. The molecule has 3 rings (SSSR count). The highest BCUT2D eigenvalue weighted by molar-refractivity contribution is 6.11. The molecule has 7 nitrogen and oxygen atoms in total. The minimum absolute atomic E-state index is 0.0568. The molecule has 30 heavy (non-hydrogen) atoms. The highest BCUT2D eigenvalue weighted by atomic mass is 16.5. The SMILES string of the molecule is COc1ccc(C(=O)c2ccoc2NCC(=O)NCC2CCN(C(C)C)CC2)cc1. The topological polar surface area (TPSA) is 83.8 Å². The summed E-state index contributed by atoms with van der Waals surface area (Å²) in [5.74, 6) is 1.21. The Bertz CT molecular complexity index is 836. The maximum atomic E-state index is 12.7. The second-order valence-corrected chi connectivity index (χ2v) is 7.95. The second-order valence-electron chi connectivity index (χ2n) is 7.95. The van der Waals surface area contributed by atoms with E-state index in [0.29, 0.717) is 41.3 Å². The fraction of sp³-hybridized carbons (Fsp3) is 0.478. The first-order valence-corrected chi connectivity index (χ1v) is 10.5. The number of rotatable bonds is 9. The van der Waals surface area contributed by atoms with Crippen LogP contribution < -0.4 is 15.4 Å². The van der Waals surface area contributed by atoms with Crippen molar-refractivity contribution in [3.8, 4) is 5.75 Å². The van der Waals surface area contributed by atoms with E-state index in [1.165, 1.54) is 6.26 Å². The smallest absolute Gasteiger partial charge is 0.239 e. The van der Waals surface area contributed by atoms with E-state index >= 15 is 0 Å². The molecule has 2 N–H and O–H groups in total. The number of amides is 1. The van der Waals surface area contributed by atoms with Crippen LogP contribution in [0.15, 0.2) is 41.0 Å². The van der Waals surface area contributed by atoms with Crippen LogP contribution in [0.5, 0.6) is 5.75 Å². The van der Waals surface area contributed by atoms with Gasteiger partial charge in [0.2, 0.25) is 11.8 Å². The van der Waals surface area contributed by atoms with Gasteiger partial charge in [-0.25, -0.2) is 0 Å². The third kappa shape index (κ3) is 5.63. The standard InChI is InChI=1S/C23H31N3O4/c1-16(2)26-11-8-17(9-12-26)14-24-21(27)15-25-23-20(10-13-30-23)22(28)18-4-6-19(29-3)7-5-18/h4-7,10,13,16-17,25H,8-9,11-12,14-15H2,1-3H3,(H,24,27). The Morgan fingerprint density at radius 1 is 1.17 bits per heavy atom. The monoisotopic (exact) mass is 413 g/mol. The third-order valence-corrected chi connectivity index (χ3v) is 5.64. The minimum atomic E-state index is -0.175. The molecular formula is C23H31N3O4. The summed E-state index contributed by atoms with van der Waals surface area (Å²) in [6, 6.07) is 9.06. The van der Waals surface area contributed by atoms with Crippen molar-refractivity contribution >= 4 is 17.6 Å². The number of likely N-dealkylation sites (tertiary alicyclic amines) is 1. The van der Waals surface area contributed by atoms with Crippen LogP contribution in [0.2, 0.25) is 0 Å². The molecule has 1 aromatic heterocycles. The number of ether oxygens (including phenoxy) is 1. The first-order chi connectivity index (χ1) is 14.5. The number of anilines is 1. The average Bonchev–Trinajstić information content (AvgIpc) is 3.24. The van der Waals surface area contributed by atoms with Crippen molar-refractivity contribution in [1.29, 1.82) is 0 Å². The Labute approximate surface area is 177 Å². The van der Waals surface area contributed by atoms with Crippen LogP contribution in [-0.2, 0) is 4.79 Å². The third-order valence-electron chi connectivity index (χ3n) is 5.64. The van der Waals surface area contributed by atoms with Gasteiger partial charge in [0.15, 0.2) is 5.78 Å². The number of furan rings is 1. The molecule has 0 aliphatic carbocycles. The van der Waals surface area contributed by atoms with Crippen LogP contribution in [0.4, 0.5) is 5.88 Å². The van der Waals surface area contributed by atoms with Gasteiger partial charge in [0.1, 0.15) is 5.75 Å². The summed E-state index contributed by atoms with van der Waals surface area (Å²) in [4.78, 5) is 27.5. The molecule has 0 spiro atoms. The molecule has 1 amide bonds. The summed E-state index contributed by atoms with van der Waals surface area (Å²) in [5.41, 5.74) is 0.923. The van der Waals surface area contributed by atoms with Gasteiger partial charge in [-0.05, 0) is 76.0 Å². The van der Waals surface area contributed by atoms with Crippen LogP contribution >= 0.6 is 0 Å². The van der Waals surface area contributed by atoms with Crippen molar-refractivity contribution in [1.82, 2.24) is 10.2 Å². The first kappa shape index (κ1) is 21.9. The van der Waals surface area contributed by atoms with Crippen molar-refractivity contribution < 1.29 is 18.7 Å². The zero-order chi connectivity index (χ0) is 21.5. The molecule has 1 aliphatic heterocycles. The van der Waals surface area contributed by atoms with E-state index < -0.39 is 0 Å². The summed E-state index contributed by atoms with van der Waals surface area (Å²) in [5, 5.41) is 5.93. The Hall–Kier alpha value is -2.80. The molecule has 162 valence electrons. The Balaban J connectivity index is 1.47. The summed E-state index contributed by atoms with van der Waals surface area (Å²) < 4.78 is 10.5. The lowest BCUT2D eigenvalue weighted by molar-refractivity contribution is -0.119. The Morgan fingerprint density at radius 3 is 2.50 bits per heavy atom. The normalized spacial score (nSPS) is 15.2. The van der Waals surface area contributed by atoms with E-state index in [2.05, 4.69) is 29.4 Å². The summed E-state index contributed by atoms with van der Waals surface area (Å²) in [6.45, 7) is 7.34. The number of benzene rings is 1. The van der Waals surface area contributed by atoms with Crippen LogP contribution in [0.1, 0.15) is 42.6 Å². The van der Waals surface area contributed by atoms with Crippen LogP contribution in [-0.4, -0.2) is 55.9 Å². The van der Waals surface area contributed by atoms with E-state index in [1.54, 1.807) is 37.4 Å². The number of carbonyl (C=O) groups is 2. The molecule has 2 aromatic rings. The average molecular weight is 414 g/mol. The van der Waals surface area contributed by atoms with Crippen molar-refractivity contribution in [3.05, 3.63) is 47.7 Å². The maximum absolute atomic E-state index is 12.7. The highest BCUT2D eigenvalue weighted by Gasteiger charge is 2.21. The van der Waals surface area contributed by atoms with E-state index in [4.69, 9.17) is 9.15 Å². The molecule has 0 atom stereocenters. The van der Waals surface area contributed by atoms with Crippen LogP contribution in [0.25, 0.3) is 0 Å². The summed E-state index contributed by atoms with van der Waals surface area (Å²) in [6.07, 6.45) is 3.65. The molecule has 1 aliphatic rings. The molecule has 0 unspecified atom stereocenters. The Kier molecular flexibility index (Phi) is 7.52. The predicted octanol–water partition coefficient (Wildman–Crippen LogP) is 3.17. The van der Waals surface area contributed by atoms with Crippen molar-refractivity contribution in [2.75, 3.05) is 38.6 Å². The summed E-state index contributed by atoms with van der Waals surface area (Å²) >= 11 is 0. The van der Waals surface area contributed by atoms with Crippen molar-refractivity contribution in [2.45, 2.75) is 32.7 Å². The number of hydrogen-bond acceptors (Lipinski definition) is 6. The molecule has 0 radical (unpaired) electrons. The second kappa shape index (κ2) is 10.3. The van der Waals surface area contributed by atoms with Crippen molar-refractivity contribution in [3.63, 3.8) is 0 Å². The number of methoxy groups -OCH3 is 1. The molecule has 1 aromatic carbocycles. The fourth-order valence-corrected chi connectivity index (χ4v) is 3.68. The molecule has 1 fully saturated rings. The molecule has 0 bridgehead atoms. The number of nitrogens with one attached hydrogen (secondary N) is 2. The van der Waals surface area contributed by atoms with E-state index in [1.807, 2.05) is 0 Å². The molecule has 2 heterocycles. The van der Waals surface area contributed by atoms with E-state index in [0.717, 1.165) is 25.9 Å². The highest BCUT2D eigenvalue weighted by Crippen LogP contribution is 2.22. The minimum Gasteiger partial charge on any atom is -0.497 e. The molecule has 0 saturated carbocycles. The number of piperidine rings is 1. The van der Waals surface area contributed by atoms with Gasteiger partial charge in [-0.2, -0.15) is 0 Å². The van der Waals surface area contributed by atoms with Gasteiger partial charge in [-0.3, -0.25) is 9.59 Å². The van der Waals surface area contributed by atoms with Gasteiger partial charge in [0, 0.05) is 18.2 Å². The first-order valence-electron chi connectivity index (χ1n) is 10.5. The van der Waals surface area contributed by atoms with Gasteiger partial charge < -0.3 is 24.7 Å². The van der Waals surface area contributed by atoms with Gasteiger partial charge in [0.05, 0.1) is 25.5 Å². The number of ketones is 1. The lowest BCUT2D eigenvalue weighted by Crippen LogP contribution is -2.42. The van der Waals surface area contributed by atoms with Crippen LogP contribution in [0, 0.1) is 5.92 Å². The van der Waals surface area contributed by atoms with Gasteiger partial charge in [-0.15, -0.1) is 0 Å². The van der Waals surface area contributed by atoms with E-state index in [9.17, 15) is 9.59 Å². The van der Waals surface area contributed by atoms with E-state index in [-0.39, 0.29) is 18.2 Å². The lowest BCUT2D eigenvalue weighted by atomic mass is 9.96.